The van der Waals surface area contributed by atoms with Gasteiger partial charge in [0.1, 0.15) is 0 Å². The van der Waals surface area contributed by atoms with Crippen LogP contribution in [0.3, 0.4) is 0 Å². The first-order valence-corrected chi connectivity index (χ1v) is 6.43. The van der Waals surface area contributed by atoms with E-state index in [1.54, 1.807) is 24.3 Å². The van der Waals surface area contributed by atoms with E-state index in [0.717, 1.165) is 5.56 Å². The van der Waals surface area contributed by atoms with Crippen molar-refractivity contribution in [2.45, 2.75) is 12.6 Å². The molecule has 1 radical (unpaired) electrons. The predicted octanol–water partition coefficient (Wildman–Crippen LogP) is 1.51. The second-order valence-electron chi connectivity index (χ2n) is 3.43. The summed E-state index contributed by atoms with van der Waals surface area (Å²) < 4.78 is 59.5. The lowest BCUT2D eigenvalue weighted by molar-refractivity contribution is -0.106. The maximum Gasteiger partial charge on any atom is 0.404 e. The fourth-order valence-corrected chi connectivity index (χ4v) is 2.15. The molecule has 95 valence electrons. The third kappa shape index (κ3) is 6.28. The molecule has 0 unspecified atom stereocenters. The summed E-state index contributed by atoms with van der Waals surface area (Å²) >= 11 is 0. The lowest BCUT2D eigenvalue weighted by Crippen LogP contribution is -2.34. The second kappa shape index (κ2) is 5.50. The van der Waals surface area contributed by atoms with Crippen LogP contribution >= 0.6 is 0 Å². The standard InChI is InChI=1S/C10H11F3NO2S/c11-10(12,13)8-17(15,16)14-7-6-9-4-2-1-3-5-9/h2-5,14H,6-8H2. The molecule has 1 aromatic rings. The van der Waals surface area contributed by atoms with Crippen LogP contribution in [-0.2, 0) is 16.4 Å². The van der Waals surface area contributed by atoms with Gasteiger partial charge in [-0.25, -0.2) is 13.1 Å². The zero-order valence-corrected chi connectivity index (χ0v) is 9.61. The van der Waals surface area contributed by atoms with E-state index in [0.29, 0.717) is 6.42 Å². The summed E-state index contributed by atoms with van der Waals surface area (Å²) in [5.74, 6) is -1.84. The fourth-order valence-electron chi connectivity index (χ4n) is 1.21. The van der Waals surface area contributed by atoms with E-state index in [-0.39, 0.29) is 6.54 Å². The van der Waals surface area contributed by atoms with Gasteiger partial charge < -0.3 is 0 Å². The molecule has 0 aliphatic rings. The van der Waals surface area contributed by atoms with Crippen molar-refractivity contribution in [3.8, 4) is 0 Å². The summed E-state index contributed by atoms with van der Waals surface area (Å²) in [5.41, 5.74) is 0.832. The van der Waals surface area contributed by atoms with Crippen LogP contribution in [0, 0.1) is 6.07 Å². The van der Waals surface area contributed by atoms with Gasteiger partial charge in [-0.05, 0) is 18.1 Å². The van der Waals surface area contributed by atoms with E-state index in [1.165, 1.54) is 0 Å². The van der Waals surface area contributed by atoms with E-state index < -0.39 is 22.0 Å². The third-order valence-corrected chi connectivity index (χ3v) is 3.23. The summed E-state index contributed by atoms with van der Waals surface area (Å²) in [7, 11) is -4.29. The summed E-state index contributed by atoms with van der Waals surface area (Å²) in [6, 6.07) is 9.53. The highest BCUT2D eigenvalue weighted by atomic mass is 32.2. The molecular weight excluding hydrogens is 255 g/mol. The number of benzene rings is 1. The molecule has 0 fully saturated rings. The minimum atomic E-state index is -4.71. The van der Waals surface area contributed by atoms with Crippen LogP contribution in [0.15, 0.2) is 24.3 Å². The van der Waals surface area contributed by atoms with Crippen molar-refractivity contribution < 1.29 is 21.6 Å². The summed E-state index contributed by atoms with van der Waals surface area (Å²) in [4.78, 5) is 0. The van der Waals surface area contributed by atoms with Crippen molar-refractivity contribution in [1.29, 1.82) is 0 Å². The number of halogens is 3. The van der Waals surface area contributed by atoms with Crippen LogP contribution in [0.25, 0.3) is 0 Å². The Kier molecular flexibility index (Phi) is 4.53. The lowest BCUT2D eigenvalue weighted by Gasteiger charge is -2.08. The van der Waals surface area contributed by atoms with E-state index in [2.05, 4.69) is 6.07 Å². The fraction of sp³-hybridized carbons (Fsp3) is 0.400. The van der Waals surface area contributed by atoms with Crippen LogP contribution < -0.4 is 4.72 Å². The van der Waals surface area contributed by atoms with Gasteiger partial charge in [0.2, 0.25) is 10.0 Å². The Bertz CT molecular complexity index is 442. The van der Waals surface area contributed by atoms with Crippen LogP contribution in [-0.4, -0.2) is 26.9 Å². The van der Waals surface area contributed by atoms with Gasteiger partial charge in [-0.1, -0.05) is 24.3 Å². The van der Waals surface area contributed by atoms with Crippen molar-refractivity contribution in [3.05, 3.63) is 35.9 Å². The Morgan fingerprint density at radius 2 is 1.82 bits per heavy atom. The lowest BCUT2D eigenvalue weighted by atomic mass is 10.2. The van der Waals surface area contributed by atoms with E-state index in [9.17, 15) is 21.6 Å². The number of hydrogen-bond donors (Lipinski definition) is 1. The maximum absolute atomic E-state index is 11.9. The van der Waals surface area contributed by atoms with Crippen LogP contribution in [0.4, 0.5) is 13.2 Å². The van der Waals surface area contributed by atoms with Gasteiger partial charge >= 0.3 is 6.18 Å². The molecule has 0 atom stereocenters. The van der Waals surface area contributed by atoms with Crippen molar-refractivity contribution in [3.63, 3.8) is 0 Å². The Hall–Kier alpha value is -1.08. The van der Waals surface area contributed by atoms with Crippen LogP contribution in [0.1, 0.15) is 5.56 Å². The van der Waals surface area contributed by atoms with Gasteiger partial charge in [-0.15, -0.1) is 0 Å². The number of nitrogens with one attached hydrogen (secondary N) is 1. The summed E-state index contributed by atoms with van der Waals surface area (Å²) in [6.45, 7) is -0.0531. The normalized spacial score (nSPS) is 12.6. The predicted molar refractivity (Wildman–Crippen MR) is 56.8 cm³/mol. The third-order valence-electron chi connectivity index (χ3n) is 1.88. The van der Waals surface area contributed by atoms with Crippen molar-refractivity contribution in [2.75, 3.05) is 12.3 Å². The highest BCUT2D eigenvalue weighted by Crippen LogP contribution is 2.16. The minimum Gasteiger partial charge on any atom is -0.215 e. The molecular formula is C10H11F3NO2S. The molecule has 0 heterocycles. The molecule has 7 heteroatoms. The first-order chi connectivity index (χ1) is 7.79. The molecule has 0 saturated carbocycles. The Balaban J connectivity index is 2.41. The second-order valence-corrected chi connectivity index (χ2v) is 5.23. The molecule has 0 aliphatic heterocycles. The number of rotatable bonds is 5. The summed E-state index contributed by atoms with van der Waals surface area (Å²) in [5, 5.41) is 0. The van der Waals surface area contributed by atoms with E-state index >= 15 is 0 Å². The molecule has 1 aromatic carbocycles. The number of hydrogen-bond acceptors (Lipinski definition) is 2. The number of alkyl halides is 3. The molecule has 0 spiro atoms. The van der Waals surface area contributed by atoms with Crippen molar-refractivity contribution in [1.82, 2.24) is 4.72 Å². The molecule has 0 aromatic heterocycles. The van der Waals surface area contributed by atoms with Crippen LogP contribution in [0.5, 0.6) is 0 Å². The Labute approximate surface area is 97.7 Å². The first kappa shape index (κ1) is 14.0. The van der Waals surface area contributed by atoms with Gasteiger partial charge in [-0.3, -0.25) is 0 Å². The molecule has 1 rings (SSSR count). The highest BCUT2D eigenvalue weighted by molar-refractivity contribution is 7.89. The molecule has 1 N–H and O–H groups in total. The molecule has 0 bridgehead atoms. The van der Waals surface area contributed by atoms with Gasteiger partial charge in [0.05, 0.1) is 0 Å². The quantitative estimate of drug-likeness (QED) is 0.878. The van der Waals surface area contributed by atoms with Crippen molar-refractivity contribution in [2.24, 2.45) is 0 Å². The Morgan fingerprint density at radius 3 is 2.35 bits per heavy atom. The largest absolute Gasteiger partial charge is 0.404 e. The van der Waals surface area contributed by atoms with E-state index in [1.807, 2.05) is 4.72 Å². The maximum atomic E-state index is 11.9. The smallest absolute Gasteiger partial charge is 0.215 e. The van der Waals surface area contributed by atoms with Gasteiger partial charge in [0.15, 0.2) is 5.75 Å². The van der Waals surface area contributed by atoms with Gasteiger partial charge in [0.25, 0.3) is 0 Å². The minimum absolute atomic E-state index is 0.0531. The van der Waals surface area contributed by atoms with Gasteiger partial charge in [0, 0.05) is 6.54 Å². The highest BCUT2D eigenvalue weighted by Gasteiger charge is 2.34. The van der Waals surface area contributed by atoms with Crippen molar-refractivity contribution >= 4 is 10.0 Å². The van der Waals surface area contributed by atoms with E-state index in [4.69, 9.17) is 0 Å². The SMILES string of the molecule is O=S(=O)(CC(F)(F)F)NCCc1cc[c]cc1. The molecule has 0 amide bonds. The molecule has 3 nitrogen and oxygen atoms in total. The molecule has 0 saturated heterocycles. The topological polar surface area (TPSA) is 46.2 Å². The average molecular weight is 266 g/mol. The first-order valence-electron chi connectivity index (χ1n) is 4.78. The molecule has 0 aliphatic carbocycles. The number of sulfonamides is 1. The average Bonchev–Trinajstić information content (AvgIpc) is 2.15. The Morgan fingerprint density at radius 1 is 1.24 bits per heavy atom. The van der Waals surface area contributed by atoms with Crippen LogP contribution in [0.2, 0.25) is 0 Å². The molecule has 17 heavy (non-hydrogen) atoms. The summed E-state index contributed by atoms with van der Waals surface area (Å²) in [6.07, 6.45) is -4.38. The zero-order chi connectivity index (χ0) is 12.9. The zero-order valence-electron chi connectivity index (χ0n) is 8.79. The monoisotopic (exact) mass is 266 g/mol. The van der Waals surface area contributed by atoms with Gasteiger partial charge in [-0.2, -0.15) is 13.2 Å².